The number of carbonyl (C=O) groups is 1. The summed E-state index contributed by atoms with van der Waals surface area (Å²) in [5.74, 6) is 0.302. The fourth-order valence-corrected chi connectivity index (χ4v) is 1.42. The van der Waals surface area contributed by atoms with Crippen molar-refractivity contribution in [3.8, 4) is 0 Å². The maximum atomic E-state index is 10.5. The molecular formula is C8H10BrClN4O. The van der Waals surface area contributed by atoms with Crippen molar-refractivity contribution in [1.82, 2.24) is 9.97 Å². The smallest absolute Gasteiger partial charge is 0.217 e. The predicted octanol–water partition coefficient (Wildman–Crippen LogP) is 1.57. The van der Waals surface area contributed by atoms with Crippen molar-refractivity contribution in [1.29, 1.82) is 0 Å². The lowest BCUT2D eigenvalue weighted by atomic mass is 10.3. The Morgan fingerprint density at radius 3 is 3.00 bits per heavy atom. The third-order valence-electron chi connectivity index (χ3n) is 1.64. The summed E-state index contributed by atoms with van der Waals surface area (Å²) in [6.45, 7) is 0.606. The summed E-state index contributed by atoms with van der Waals surface area (Å²) in [7, 11) is 0. The van der Waals surface area contributed by atoms with Crippen molar-refractivity contribution >= 4 is 39.3 Å². The quantitative estimate of drug-likeness (QED) is 0.638. The maximum Gasteiger partial charge on any atom is 0.217 e. The van der Waals surface area contributed by atoms with E-state index in [0.29, 0.717) is 34.8 Å². The Morgan fingerprint density at radius 2 is 2.33 bits per heavy atom. The SMILES string of the molecule is NC(=O)CCCNc1ncnc(Cl)c1Br. The van der Waals surface area contributed by atoms with E-state index in [4.69, 9.17) is 17.3 Å². The molecule has 0 fully saturated rings. The molecule has 5 nitrogen and oxygen atoms in total. The number of anilines is 1. The molecule has 0 aliphatic heterocycles. The molecule has 1 aromatic heterocycles. The number of carbonyl (C=O) groups excluding carboxylic acids is 1. The molecule has 0 spiro atoms. The van der Waals surface area contributed by atoms with Crippen LogP contribution in [0.2, 0.25) is 5.15 Å². The third kappa shape index (κ3) is 4.01. The van der Waals surface area contributed by atoms with Crippen LogP contribution in [0.1, 0.15) is 12.8 Å². The molecule has 7 heteroatoms. The van der Waals surface area contributed by atoms with Gasteiger partial charge in [0.1, 0.15) is 17.3 Å². The van der Waals surface area contributed by atoms with Crippen molar-refractivity contribution in [2.24, 2.45) is 5.73 Å². The highest BCUT2D eigenvalue weighted by atomic mass is 79.9. The highest BCUT2D eigenvalue weighted by Gasteiger charge is 2.05. The van der Waals surface area contributed by atoms with Gasteiger partial charge in [0.05, 0.1) is 4.47 Å². The minimum Gasteiger partial charge on any atom is -0.370 e. The molecule has 0 aliphatic rings. The Kier molecular flexibility index (Phi) is 4.77. The summed E-state index contributed by atoms with van der Waals surface area (Å²) in [4.78, 5) is 18.2. The van der Waals surface area contributed by atoms with Crippen LogP contribution in [0, 0.1) is 0 Å². The number of nitrogens with one attached hydrogen (secondary N) is 1. The first-order valence-corrected chi connectivity index (χ1v) is 5.46. The maximum absolute atomic E-state index is 10.5. The summed E-state index contributed by atoms with van der Waals surface area (Å²) < 4.78 is 0.616. The van der Waals surface area contributed by atoms with E-state index in [1.807, 2.05) is 0 Å². The first-order chi connectivity index (χ1) is 7.11. The lowest BCUT2D eigenvalue weighted by molar-refractivity contribution is -0.118. The number of primary amides is 1. The van der Waals surface area contributed by atoms with Gasteiger partial charge in [-0.1, -0.05) is 11.6 Å². The van der Waals surface area contributed by atoms with Crippen LogP contribution in [0.15, 0.2) is 10.8 Å². The second kappa shape index (κ2) is 5.87. The number of hydrogen-bond acceptors (Lipinski definition) is 4. The summed E-state index contributed by atoms with van der Waals surface area (Å²) in [5.41, 5.74) is 5.00. The Hall–Kier alpha value is -0.880. The first kappa shape index (κ1) is 12.2. The molecule has 15 heavy (non-hydrogen) atoms. The second-order valence-corrected chi connectivity index (χ2v) is 3.97. The number of rotatable bonds is 5. The molecule has 0 radical (unpaired) electrons. The van der Waals surface area contributed by atoms with Gasteiger partial charge >= 0.3 is 0 Å². The number of hydrogen-bond donors (Lipinski definition) is 2. The van der Waals surface area contributed by atoms with E-state index in [1.165, 1.54) is 6.33 Å². The normalized spacial score (nSPS) is 10.0. The molecule has 0 aliphatic carbocycles. The number of amides is 1. The minimum absolute atomic E-state index is 0.309. The van der Waals surface area contributed by atoms with E-state index in [1.54, 1.807) is 0 Å². The summed E-state index contributed by atoms with van der Waals surface area (Å²) in [5, 5.41) is 3.37. The molecule has 1 rings (SSSR count). The van der Waals surface area contributed by atoms with Gasteiger partial charge < -0.3 is 11.1 Å². The first-order valence-electron chi connectivity index (χ1n) is 4.29. The Morgan fingerprint density at radius 1 is 1.60 bits per heavy atom. The highest BCUT2D eigenvalue weighted by molar-refractivity contribution is 9.10. The van der Waals surface area contributed by atoms with Crippen LogP contribution >= 0.6 is 27.5 Å². The van der Waals surface area contributed by atoms with Gasteiger partial charge in [-0.15, -0.1) is 0 Å². The average Bonchev–Trinajstić information content (AvgIpc) is 2.18. The van der Waals surface area contributed by atoms with E-state index in [9.17, 15) is 4.79 Å². The summed E-state index contributed by atoms with van der Waals surface area (Å²) in [6.07, 6.45) is 2.37. The van der Waals surface area contributed by atoms with Gasteiger partial charge in [0.25, 0.3) is 0 Å². The van der Waals surface area contributed by atoms with E-state index in [-0.39, 0.29) is 5.91 Å². The number of aromatic nitrogens is 2. The molecule has 0 aromatic carbocycles. The average molecular weight is 294 g/mol. The van der Waals surface area contributed by atoms with Crippen molar-refractivity contribution in [2.45, 2.75) is 12.8 Å². The van der Waals surface area contributed by atoms with Gasteiger partial charge in [-0.2, -0.15) is 0 Å². The molecule has 0 unspecified atom stereocenters. The molecule has 82 valence electrons. The van der Waals surface area contributed by atoms with Crippen LogP contribution < -0.4 is 11.1 Å². The van der Waals surface area contributed by atoms with Gasteiger partial charge in [-0.3, -0.25) is 4.79 Å². The summed E-state index contributed by atoms with van der Waals surface area (Å²) in [6, 6.07) is 0. The third-order valence-corrected chi connectivity index (χ3v) is 2.91. The van der Waals surface area contributed by atoms with Crippen LogP contribution in [0.3, 0.4) is 0 Å². The van der Waals surface area contributed by atoms with Gasteiger partial charge in [0.2, 0.25) is 5.91 Å². The molecule has 0 bridgehead atoms. The zero-order valence-corrected chi connectivity index (χ0v) is 10.2. The van der Waals surface area contributed by atoms with E-state index < -0.39 is 0 Å². The Labute approximate surface area is 101 Å². The van der Waals surface area contributed by atoms with Crippen molar-refractivity contribution in [3.63, 3.8) is 0 Å². The van der Waals surface area contributed by atoms with Crippen molar-refractivity contribution in [2.75, 3.05) is 11.9 Å². The fraction of sp³-hybridized carbons (Fsp3) is 0.375. The van der Waals surface area contributed by atoms with Crippen molar-refractivity contribution in [3.05, 3.63) is 16.0 Å². The molecule has 1 heterocycles. The predicted molar refractivity (Wildman–Crippen MR) is 61.7 cm³/mol. The van der Waals surface area contributed by atoms with Crippen LogP contribution in [-0.4, -0.2) is 22.4 Å². The molecule has 0 atom stereocenters. The monoisotopic (exact) mass is 292 g/mol. The highest BCUT2D eigenvalue weighted by Crippen LogP contribution is 2.25. The zero-order valence-electron chi connectivity index (χ0n) is 7.83. The summed E-state index contributed by atoms with van der Waals surface area (Å²) >= 11 is 9.02. The molecule has 0 saturated heterocycles. The van der Waals surface area contributed by atoms with E-state index in [0.717, 1.165) is 0 Å². The van der Waals surface area contributed by atoms with Crippen LogP contribution in [0.5, 0.6) is 0 Å². The van der Waals surface area contributed by atoms with Crippen LogP contribution in [0.4, 0.5) is 5.82 Å². The van der Waals surface area contributed by atoms with Gasteiger partial charge in [-0.25, -0.2) is 9.97 Å². The number of halogens is 2. The molecule has 1 amide bonds. The largest absolute Gasteiger partial charge is 0.370 e. The Bertz CT molecular complexity index is 360. The second-order valence-electron chi connectivity index (χ2n) is 2.82. The van der Waals surface area contributed by atoms with Crippen LogP contribution in [-0.2, 0) is 4.79 Å². The molecular weight excluding hydrogens is 283 g/mol. The van der Waals surface area contributed by atoms with Gasteiger partial charge in [0.15, 0.2) is 0 Å². The molecule has 0 saturated carbocycles. The molecule has 1 aromatic rings. The minimum atomic E-state index is -0.309. The molecule has 3 N–H and O–H groups in total. The van der Waals surface area contributed by atoms with Gasteiger partial charge in [0, 0.05) is 13.0 Å². The Balaban J connectivity index is 2.44. The lowest BCUT2D eigenvalue weighted by Gasteiger charge is -2.06. The number of nitrogens with zero attached hydrogens (tertiary/aromatic N) is 2. The zero-order chi connectivity index (χ0) is 11.3. The topological polar surface area (TPSA) is 80.9 Å². The van der Waals surface area contributed by atoms with E-state index in [2.05, 4.69) is 31.2 Å². The van der Waals surface area contributed by atoms with Gasteiger partial charge in [-0.05, 0) is 22.4 Å². The van der Waals surface area contributed by atoms with E-state index >= 15 is 0 Å². The fourth-order valence-electron chi connectivity index (χ4n) is 0.941. The standard InChI is InChI=1S/C8H10BrClN4O/c9-6-7(10)13-4-14-8(6)12-3-1-2-5(11)15/h4H,1-3H2,(H2,11,15)(H,12,13,14). The van der Waals surface area contributed by atoms with Crippen molar-refractivity contribution < 1.29 is 4.79 Å². The van der Waals surface area contributed by atoms with Crippen LogP contribution in [0.25, 0.3) is 0 Å². The lowest BCUT2D eigenvalue weighted by Crippen LogP contribution is -2.13. The number of nitrogens with two attached hydrogens (primary N) is 1.